The van der Waals surface area contributed by atoms with Gasteiger partial charge >= 0.3 is 0 Å². The third-order valence-corrected chi connectivity index (χ3v) is 3.58. The summed E-state index contributed by atoms with van der Waals surface area (Å²) < 4.78 is 0. The molecule has 1 fully saturated rings. The van der Waals surface area contributed by atoms with Crippen LogP contribution in [0, 0.1) is 17.2 Å². The second-order valence-electron chi connectivity index (χ2n) is 5.62. The van der Waals surface area contributed by atoms with E-state index in [1.165, 1.54) is 0 Å². The zero-order valence-corrected chi connectivity index (χ0v) is 12.2. The summed E-state index contributed by atoms with van der Waals surface area (Å²) in [7, 11) is 0. The highest BCUT2D eigenvalue weighted by atomic mass is 16.2. The molecule has 1 aromatic carbocycles. The van der Waals surface area contributed by atoms with Crippen LogP contribution in [0.1, 0.15) is 25.8 Å². The van der Waals surface area contributed by atoms with Crippen LogP contribution >= 0.6 is 0 Å². The van der Waals surface area contributed by atoms with E-state index in [9.17, 15) is 4.79 Å². The van der Waals surface area contributed by atoms with Crippen LogP contribution in [0.15, 0.2) is 24.3 Å². The number of amides is 1. The lowest BCUT2D eigenvalue weighted by atomic mass is 10.1. The van der Waals surface area contributed by atoms with Gasteiger partial charge in [-0.25, -0.2) is 0 Å². The molecule has 4 nitrogen and oxygen atoms in total. The Morgan fingerprint density at radius 3 is 2.30 bits per heavy atom. The molecule has 0 aliphatic carbocycles. The molecule has 1 amide bonds. The average molecular weight is 271 g/mol. The van der Waals surface area contributed by atoms with Crippen molar-refractivity contribution in [1.29, 1.82) is 5.26 Å². The van der Waals surface area contributed by atoms with Crippen molar-refractivity contribution in [1.82, 2.24) is 4.90 Å². The number of rotatable bonds is 3. The molecular weight excluding hydrogens is 250 g/mol. The first-order valence-electron chi connectivity index (χ1n) is 7.13. The number of nitrogens with zero attached hydrogens (tertiary/aromatic N) is 3. The van der Waals surface area contributed by atoms with Crippen LogP contribution in [0.2, 0.25) is 0 Å². The molecule has 1 heterocycles. The molecule has 0 atom stereocenters. The van der Waals surface area contributed by atoms with Gasteiger partial charge in [-0.05, 0) is 30.2 Å². The SMILES string of the molecule is CC(C)CC(=O)N1CCN(c2ccc(C#N)cc2)CC1. The monoisotopic (exact) mass is 271 g/mol. The van der Waals surface area contributed by atoms with E-state index in [2.05, 4.69) is 24.8 Å². The van der Waals surface area contributed by atoms with Crippen molar-refractivity contribution < 1.29 is 4.79 Å². The molecule has 1 saturated heterocycles. The van der Waals surface area contributed by atoms with Gasteiger partial charge in [-0.15, -0.1) is 0 Å². The van der Waals surface area contributed by atoms with Crippen LogP contribution in [-0.4, -0.2) is 37.0 Å². The molecule has 1 aliphatic heterocycles. The van der Waals surface area contributed by atoms with Crippen LogP contribution in [0.5, 0.6) is 0 Å². The quantitative estimate of drug-likeness (QED) is 0.847. The Bertz CT molecular complexity index is 493. The summed E-state index contributed by atoms with van der Waals surface area (Å²) in [5, 5.41) is 8.80. The molecule has 20 heavy (non-hydrogen) atoms. The standard InChI is InChI=1S/C16H21N3O/c1-13(2)11-16(20)19-9-7-18(8-10-19)15-5-3-14(12-17)4-6-15/h3-6,13H,7-11H2,1-2H3. The highest BCUT2D eigenvalue weighted by Gasteiger charge is 2.21. The third-order valence-electron chi connectivity index (χ3n) is 3.58. The van der Waals surface area contributed by atoms with Crippen molar-refractivity contribution >= 4 is 11.6 Å². The largest absolute Gasteiger partial charge is 0.368 e. The second-order valence-corrected chi connectivity index (χ2v) is 5.62. The van der Waals surface area contributed by atoms with Gasteiger partial charge in [0, 0.05) is 38.3 Å². The minimum atomic E-state index is 0.263. The maximum Gasteiger partial charge on any atom is 0.222 e. The van der Waals surface area contributed by atoms with Crippen LogP contribution in [0.4, 0.5) is 5.69 Å². The van der Waals surface area contributed by atoms with Crippen molar-refractivity contribution in [3.05, 3.63) is 29.8 Å². The Kier molecular flexibility index (Phi) is 4.62. The molecule has 0 N–H and O–H groups in total. The molecule has 2 rings (SSSR count). The third kappa shape index (κ3) is 3.51. The zero-order chi connectivity index (χ0) is 14.5. The van der Waals surface area contributed by atoms with E-state index in [-0.39, 0.29) is 5.91 Å². The lowest BCUT2D eigenvalue weighted by Crippen LogP contribution is -2.49. The number of hydrogen-bond acceptors (Lipinski definition) is 3. The van der Waals surface area contributed by atoms with Gasteiger partial charge in [-0.1, -0.05) is 13.8 Å². The minimum Gasteiger partial charge on any atom is -0.368 e. The number of benzene rings is 1. The Morgan fingerprint density at radius 1 is 1.20 bits per heavy atom. The molecule has 0 saturated carbocycles. The van der Waals surface area contributed by atoms with E-state index in [1.54, 1.807) is 0 Å². The first-order valence-corrected chi connectivity index (χ1v) is 7.13. The van der Waals surface area contributed by atoms with Crippen molar-refractivity contribution in [2.75, 3.05) is 31.1 Å². The maximum atomic E-state index is 12.0. The van der Waals surface area contributed by atoms with Gasteiger partial charge in [-0.2, -0.15) is 5.26 Å². The summed E-state index contributed by atoms with van der Waals surface area (Å²) in [5.41, 5.74) is 1.81. The summed E-state index contributed by atoms with van der Waals surface area (Å²) in [6, 6.07) is 9.76. The lowest BCUT2D eigenvalue weighted by Gasteiger charge is -2.36. The second kappa shape index (κ2) is 6.42. The fourth-order valence-corrected chi connectivity index (χ4v) is 2.44. The van der Waals surface area contributed by atoms with Gasteiger partial charge in [0.25, 0.3) is 0 Å². The highest BCUT2D eigenvalue weighted by Crippen LogP contribution is 2.17. The van der Waals surface area contributed by atoms with Crippen LogP contribution in [-0.2, 0) is 4.79 Å². The molecular formula is C16H21N3O. The maximum absolute atomic E-state index is 12.0. The van der Waals surface area contributed by atoms with Gasteiger partial charge in [0.05, 0.1) is 11.6 Å². The van der Waals surface area contributed by atoms with Gasteiger partial charge in [-0.3, -0.25) is 4.79 Å². The molecule has 4 heteroatoms. The first-order chi connectivity index (χ1) is 9.60. The van der Waals surface area contributed by atoms with Crippen molar-refractivity contribution in [2.24, 2.45) is 5.92 Å². The van der Waals surface area contributed by atoms with Crippen LogP contribution in [0.3, 0.4) is 0 Å². The Balaban J connectivity index is 1.90. The topological polar surface area (TPSA) is 47.3 Å². The van der Waals surface area contributed by atoms with E-state index in [1.807, 2.05) is 29.2 Å². The van der Waals surface area contributed by atoms with Crippen molar-refractivity contribution in [3.8, 4) is 6.07 Å². The molecule has 0 radical (unpaired) electrons. The number of carbonyl (C=O) groups excluding carboxylic acids is 1. The Morgan fingerprint density at radius 2 is 1.80 bits per heavy atom. The predicted molar refractivity (Wildman–Crippen MR) is 79.4 cm³/mol. The highest BCUT2D eigenvalue weighted by molar-refractivity contribution is 5.76. The number of nitriles is 1. The summed E-state index contributed by atoms with van der Waals surface area (Å²) in [5.74, 6) is 0.679. The van der Waals surface area contributed by atoms with E-state index in [0.29, 0.717) is 17.9 Å². The van der Waals surface area contributed by atoms with Gasteiger partial charge < -0.3 is 9.80 Å². The van der Waals surface area contributed by atoms with E-state index in [4.69, 9.17) is 5.26 Å². The summed E-state index contributed by atoms with van der Waals surface area (Å²) >= 11 is 0. The molecule has 0 unspecified atom stereocenters. The molecule has 0 spiro atoms. The van der Waals surface area contributed by atoms with Crippen LogP contribution in [0.25, 0.3) is 0 Å². The van der Waals surface area contributed by atoms with E-state index in [0.717, 1.165) is 31.9 Å². The zero-order valence-electron chi connectivity index (χ0n) is 12.2. The van der Waals surface area contributed by atoms with Crippen LogP contribution < -0.4 is 4.90 Å². The number of piperazine rings is 1. The predicted octanol–water partition coefficient (Wildman–Crippen LogP) is 2.25. The van der Waals surface area contributed by atoms with E-state index < -0.39 is 0 Å². The molecule has 106 valence electrons. The minimum absolute atomic E-state index is 0.263. The molecule has 0 aromatic heterocycles. The average Bonchev–Trinajstić information content (AvgIpc) is 2.47. The first kappa shape index (κ1) is 14.4. The van der Waals surface area contributed by atoms with Crippen molar-refractivity contribution in [2.45, 2.75) is 20.3 Å². The fraction of sp³-hybridized carbons (Fsp3) is 0.500. The lowest BCUT2D eigenvalue weighted by molar-refractivity contribution is -0.132. The summed E-state index contributed by atoms with van der Waals surface area (Å²) in [6.07, 6.45) is 0.636. The Hall–Kier alpha value is -2.02. The van der Waals surface area contributed by atoms with E-state index >= 15 is 0 Å². The normalized spacial score (nSPS) is 15.3. The Labute approximate surface area is 120 Å². The molecule has 1 aliphatic rings. The summed E-state index contributed by atoms with van der Waals surface area (Å²) in [4.78, 5) is 16.2. The van der Waals surface area contributed by atoms with Gasteiger partial charge in [0.2, 0.25) is 5.91 Å². The number of anilines is 1. The molecule has 1 aromatic rings. The van der Waals surface area contributed by atoms with Crippen molar-refractivity contribution in [3.63, 3.8) is 0 Å². The smallest absolute Gasteiger partial charge is 0.222 e. The number of carbonyl (C=O) groups is 1. The number of hydrogen-bond donors (Lipinski definition) is 0. The molecule has 0 bridgehead atoms. The summed E-state index contributed by atoms with van der Waals surface area (Å²) in [6.45, 7) is 7.43. The fourth-order valence-electron chi connectivity index (χ4n) is 2.44. The van der Waals surface area contributed by atoms with Gasteiger partial charge in [0.1, 0.15) is 0 Å². The van der Waals surface area contributed by atoms with Gasteiger partial charge in [0.15, 0.2) is 0 Å².